The SMILES string of the molecule is CCOC(=O)c1ccc(NC(=O)N[C@@H]2O[C@@H](CO)[C@@H](O)[C@@H](O)[C@H]2O)cc1. The Morgan fingerprint density at radius 3 is 2.35 bits per heavy atom. The molecular formula is C16H22N2O8. The highest BCUT2D eigenvalue weighted by Gasteiger charge is 2.43. The third-order valence-electron chi connectivity index (χ3n) is 3.82. The van der Waals surface area contributed by atoms with Gasteiger partial charge in [-0.1, -0.05) is 0 Å². The molecule has 1 saturated heterocycles. The molecule has 0 unspecified atom stereocenters. The van der Waals surface area contributed by atoms with Gasteiger partial charge >= 0.3 is 12.0 Å². The Kier molecular flexibility index (Phi) is 6.89. The Balaban J connectivity index is 1.94. The van der Waals surface area contributed by atoms with Crippen LogP contribution in [0.25, 0.3) is 0 Å². The van der Waals surface area contributed by atoms with Crippen LogP contribution in [-0.4, -0.2) is 76.3 Å². The standard InChI is InChI=1S/C16H22N2O8/c1-2-25-15(23)8-3-5-9(6-4-8)17-16(24)18-14-13(22)12(21)11(20)10(7-19)26-14/h3-6,10-14,19-22H,2,7H2,1H3,(H2,17,18,24)/t10-,11+,12+,13+,14+/m0/s1. The van der Waals surface area contributed by atoms with Gasteiger partial charge in [0.2, 0.25) is 0 Å². The lowest BCUT2D eigenvalue weighted by Gasteiger charge is -2.40. The molecule has 0 spiro atoms. The van der Waals surface area contributed by atoms with Crippen molar-refractivity contribution in [3.05, 3.63) is 29.8 Å². The van der Waals surface area contributed by atoms with E-state index in [0.29, 0.717) is 11.3 Å². The van der Waals surface area contributed by atoms with Crippen molar-refractivity contribution in [2.45, 2.75) is 37.6 Å². The predicted molar refractivity (Wildman–Crippen MR) is 88.3 cm³/mol. The summed E-state index contributed by atoms with van der Waals surface area (Å²) < 4.78 is 10.0. The number of esters is 1. The smallest absolute Gasteiger partial charge is 0.338 e. The van der Waals surface area contributed by atoms with Gasteiger partial charge in [0, 0.05) is 5.69 Å². The fourth-order valence-corrected chi connectivity index (χ4v) is 2.42. The summed E-state index contributed by atoms with van der Waals surface area (Å²) in [5.74, 6) is -0.482. The summed E-state index contributed by atoms with van der Waals surface area (Å²) >= 11 is 0. The first kappa shape index (κ1) is 20.1. The Morgan fingerprint density at radius 1 is 1.12 bits per heavy atom. The molecule has 5 atom stereocenters. The zero-order chi connectivity index (χ0) is 19.3. The van der Waals surface area contributed by atoms with Gasteiger partial charge in [-0.3, -0.25) is 0 Å². The van der Waals surface area contributed by atoms with E-state index >= 15 is 0 Å². The summed E-state index contributed by atoms with van der Waals surface area (Å²) in [6.45, 7) is 1.34. The van der Waals surface area contributed by atoms with Crippen LogP contribution >= 0.6 is 0 Å². The Labute approximate surface area is 149 Å². The largest absolute Gasteiger partial charge is 0.462 e. The van der Waals surface area contributed by atoms with E-state index in [0.717, 1.165) is 0 Å². The highest BCUT2D eigenvalue weighted by Crippen LogP contribution is 2.20. The average molecular weight is 370 g/mol. The number of carbonyl (C=O) groups is 2. The van der Waals surface area contributed by atoms with Gasteiger partial charge in [0.05, 0.1) is 18.8 Å². The Morgan fingerprint density at radius 2 is 1.77 bits per heavy atom. The molecule has 26 heavy (non-hydrogen) atoms. The average Bonchev–Trinajstić information content (AvgIpc) is 2.63. The normalized spacial score (nSPS) is 28.3. The summed E-state index contributed by atoms with van der Waals surface area (Å²) in [6.07, 6.45) is -7.13. The van der Waals surface area contributed by atoms with Crippen molar-refractivity contribution < 1.29 is 39.5 Å². The zero-order valence-corrected chi connectivity index (χ0v) is 14.0. The quantitative estimate of drug-likeness (QED) is 0.352. The molecule has 6 N–H and O–H groups in total. The van der Waals surface area contributed by atoms with Crippen molar-refractivity contribution in [1.82, 2.24) is 5.32 Å². The number of nitrogens with one attached hydrogen (secondary N) is 2. The van der Waals surface area contributed by atoms with Crippen molar-refractivity contribution in [1.29, 1.82) is 0 Å². The van der Waals surface area contributed by atoms with Crippen molar-refractivity contribution in [2.24, 2.45) is 0 Å². The van der Waals surface area contributed by atoms with Gasteiger partial charge in [0.15, 0.2) is 6.23 Å². The summed E-state index contributed by atoms with van der Waals surface area (Å²) in [7, 11) is 0. The lowest BCUT2D eigenvalue weighted by atomic mass is 9.98. The maximum absolute atomic E-state index is 12.0. The predicted octanol–water partition coefficient (Wildman–Crippen LogP) is -1.22. The van der Waals surface area contributed by atoms with Crippen LogP contribution in [0.1, 0.15) is 17.3 Å². The van der Waals surface area contributed by atoms with E-state index in [1.165, 1.54) is 24.3 Å². The first-order valence-electron chi connectivity index (χ1n) is 8.02. The number of urea groups is 1. The van der Waals surface area contributed by atoms with Crippen LogP contribution < -0.4 is 10.6 Å². The molecular weight excluding hydrogens is 348 g/mol. The van der Waals surface area contributed by atoms with E-state index in [9.17, 15) is 24.9 Å². The molecule has 10 heteroatoms. The van der Waals surface area contributed by atoms with Gasteiger partial charge in [0.1, 0.15) is 24.4 Å². The molecule has 1 aromatic rings. The van der Waals surface area contributed by atoms with Crippen LogP contribution in [0.5, 0.6) is 0 Å². The fourth-order valence-electron chi connectivity index (χ4n) is 2.42. The third-order valence-corrected chi connectivity index (χ3v) is 3.82. The topological polar surface area (TPSA) is 158 Å². The van der Waals surface area contributed by atoms with Crippen LogP contribution in [0.2, 0.25) is 0 Å². The number of hydrogen-bond donors (Lipinski definition) is 6. The molecule has 0 aromatic heterocycles. The molecule has 2 amide bonds. The molecule has 1 aliphatic heterocycles. The second kappa shape index (κ2) is 8.92. The number of carbonyl (C=O) groups excluding carboxylic acids is 2. The van der Waals surface area contributed by atoms with Gasteiger partial charge in [0.25, 0.3) is 0 Å². The number of ether oxygens (including phenoxy) is 2. The minimum absolute atomic E-state index is 0.250. The first-order chi connectivity index (χ1) is 12.4. The number of benzene rings is 1. The van der Waals surface area contributed by atoms with E-state index in [-0.39, 0.29) is 6.61 Å². The highest BCUT2D eigenvalue weighted by atomic mass is 16.6. The Hall–Kier alpha value is -2.24. The number of aliphatic hydroxyl groups excluding tert-OH is 4. The number of anilines is 1. The zero-order valence-electron chi connectivity index (χ0n) is 14.0. The van der Waals surface area contributed by atoms with Crippen LogP contribution in [0.15, 0.2) is 24.3 Å². The van der Waals surface area contributed by atoms with Crippen molar-refractivity contribution >= 4 is 17.7 Å². The van der Waals surface area contributed by atoms with Crippen molar-refractivity contribution in [3.8, 4) is 0 Å². The van der Waals surface area contributed by atoms with Crippen LogP contribution in [0.4, 0.5) is 10.5 Å². The number of rotatable bonds is 5. The molecule has 1 heterocycles. The third kappa shape index (κ3) is 4.68. The van der Waals surface area contributed by atoms with Crippen molar-refractivity contribution in [3.63, 3.8) is 0 Å². The lowest BCUT2D eigenvalue weighted by molar-refractivity contribution is -0.233. The fraction of sp³-hybridized carbons (Fsp3) is 0.500. The van der Waals surface area contributed by atoms with E-state index in [1.54, 1.807) is 6.92 Å². The highest BCUT2D eigenvalue weighted by molar-refractivity contribution is 5.92. The van der Waals surface area contributed by atoms with E-state index in [2.05, 4.69) is 10.6 Å². The van der Waals surface area contributed by atoms with Crippen LogP contribution in [0, 0.1) is 0 Å². The van der Waals surface area contributed by atoms with E-state index in [4.69, 9.17) is 14.6 Å². The second-order valence-electron chi connectivity index (χ2n) is 5.65. The van der Waals surface area contributed by atoms with E-state index < -0.39 is 49.3 Å². The van der Waals surface area contributed by atoms with Gasteiger partial charge < -0.3 is 40.5 Å². The van der Waals surface area contributed by atoms with Gasteiger partial charge in [-0.15, -0.1) is 0 Å². The molecule has 0 bridgehead atoms. The lowest BCUT2D eigenvalue weighted by Crippen LogP contribution is -2.63. The summed E-state index contributed by atoms with van der Waals surface area (Å²) in [4.78, 5) is 23.6. The van der Waals surface area contributed by atoms with Gasteiger partial charge in [-0.05, 0) is 31.2 Å². The number of aliphatic hydroxyl groups is 4. The molecule has 1 aliphatic rings. The molecule has 1 aromatic carbocycles. The molecule has 0 radical (unpaired) electrons. The summed E-state index contributed by atoms with van der Waals surface area (Å²) in [5, 5.41) is 43.1. The molecule has 1 fully saturated rings. The monoisotopic (exact) mass is 370 g/mol. The van der Waals surface area contributed by atoms with Gasteiger partial charge in [-0.2, -0.15) is 0 Å². The number of amides is 2. The van der Waals surface area contributed by atoms with Crippen LogP contribution in [-0.2, 0) is 9.47 Å². The summed E-state index contributed by atoms with van der Waals surface area (Å²) in [6, 6.07) is 5.17. The molecule has 10 nitrogen and oxygen atoms in total. The minimum atomic E-state index is -1.59. The van der Waals surface area contributed by atoms with Crippen molar-refractivity contribution in [2.75, 3.05) is 18.5 Å². The molecule has 0 aliphatic carbocycles. The molecule has 0 saturated carbocycles. The second-order valence-corrected chi connectivity index (χ2v) is 5.65. The molecule has 2 rings (SSSR count). The van der Waals surface area contributed by atoms with Gasteiger partial charge in [-0.25, -0.2) is 9.59 Å². The first-order valence-corrected chi connectivity index (χ1v) is 8.02. The maximum atomic E-state index is 12.0. The molecule has 144 valence electrons. The van der Waals surface area contributed by atoms with E-state index in [1.807, 2.05) is 0 Å². The summed E-state index contributed by atoms with van der Waals surface area (Å²) in [5.41, 5.74) is 0.687. The number of hydrogen-bond acceptors (Lipinski definition) is 8. The Bertz CT molecular complexity index is 621. The van der Waals surface area contributed by atoms with Crippen LogP contribution in [0.3, 0.4) is 0 Å². The maximum Gasteiger partial charge on any atom is 0.338 e. The minimum Gasteiger partial charge on any atom is -0.462 e.